The quantitative estimate of drug-likeness (QED) is 0.903. The summed E-state index contributed by atoms with van der Waals surface area (Å²) in [5, 5.41) is 17.0. The monoisotopic (exact) mass is 330 g/mol. The van der Waals surface area contributed by atoms with Crippen molar-refractivity contribution in [2.24, 2.45) is 0 Å². The van der Waals surface area contributed by atoms with E-state index in [4.69, 9.17) is 9.26 Å². The van der Waals surface area contributed by atoms with E-state index in [2.05, 4.69) is 10.5 Å². The van der Waals surface area contributed by atoms with Crippen LogP contribution in [0, 0.1) is 13.8 Å². The second-order valence-electron chi connectivity index (χ2n) is 6.66. The van der Waals surface area contributed by atoms with Crippen molar-refractivity contribution in [1.29, 1.82) is 0 Å². The standard InChI is InChI=1S/C18H22N2O4/c1-10-15(11(2)24-20-10)18(3,4)17(22)19-13-7-5-6-12-14(21)8-9-23-16(12)13/h5-7,14,21H,8-9H2,1-4H3,(H,19,22)/t14-/m1/s1. The summed E-state index contributed by atoms with van der Waals surface area (Å²) in [6, 6.07) is 5.39. The zero-order chi connectivity index (χ0) is 17.5. The third kappa shape index (κ3) is 2.67. The van der Waals surface area contributed by atoms with Crippen LogP contribution in [0.2, 0.25) is 0 Å². The number of para-hydroxylation sites is 1. The van der Waals surface area contributed by atoms with E-state index in [-0.39, 0.29) is 5.91 Å². The average molecular weight is 330 g/mol. The number of aromatic nitrogens is 1. The molecule has 1 amide bonds. The van der Waals surface area contributed by atoms with Crippen molar-refractivity contribution in [1.82, 2.24) is 5.16 Å². The molecule has 1 aliphatic heterocycles. The molecule has 0 radical (unpaired) electrons. The Balaban J connectivity index is 1.92. The van der Waals surface area contributed by atoms with Gasteiger partial charge >= 0.3 is 0 Å². The van der Waals surface area contributed by atoms with Gasteiger partial charge in [-0.05, 0) is 33.8 Å². The second-order valence-corrected chi connectivity index (χ2v) is 6.66. The van der Waals surface area contributed by atoms with E-state index in [1.807, 2.05) is 26.8 Å². The molecule has 2 heterocycles. The maximum absolute atomic E-state index is 12.9. The molecule has 1 aromatic carbocycles. The summed E-state index contributed by atoms with van der Waals surface area (Å²) in [6.45, 7) is 7.72. The number of fused-ring (bicyclic) bond motifs is 1. The van der Waals surface area contributed by atoms with Gasteiger partial charge in [-0.1, -0.05) is 17.3 Å². The maximum atomic E-state index is 12.9. The second kappa shape index (κ2) is 5.94. The molecule has 24 heavy (non-hydrogen) atoms. The van der Waals surface area contributed by atoms with Crippen LogP contribution in [-0.2, 0) is 10.2 Å². The minimum absolute atomic E-state index is 0.186. The summed E-state index contributed by atoms with van der Waals surface area (Å²) in [5.41, 5.74) is 1.94. The molecule has 0 bridgehead atoms. The Labute approximate surface area is 140 Å². The molecule has 6 heteroatoms. The highest BCUT2D eigenvalue weighted by atomic mass is 16.5. The number of carbonyl (C=O) groups is 1. The van der Waals surface area contributed by atoms with Gasteiger partial charge in [0.05, 0.1) is 29.5 Å². The van der Waals surface area contributed by atoms with Crippen molar-refractivity contribution < 1.29 is 19.2 Å². The number of nitrogens with zero attached hydrogens (tertiary/aromatic N) is 1. The van der Waals surface area contributed by atoms with Gasteiger partial charge in [0, 0.05) is 17.5 Å². The molecule has 0 aliphatic carbocycles. The fourth-order valence-corrected chi connectivity index (χ4v) is 3.27. The molecule has 1 aromatic heterocycles. The van der Waals surface area contributed by atoms with Gasteiger partial charge in [0.1, 0.15) is 11.5 Å². The molecule has 1 atom stereocenters. The van der Waals surface area contributed by atoms with E-state index in [0.717, 1.165) is 5.56 Å². The third-order valence-electron chi connectivity index (χ3n) is 4.52. The molecule has 3 rings (SSSR count). The molecule has 2 N–H and O–H groups in total. The molecule has 6 nitrogen and oxygen atoms in total. The maximum Gasteiger partial charge on any atom is 0.234 e. The number of aliphatic hydroxyl groups excluding tert-OH is 1. The van der Waals surface area contributed by atoms with Crippen molar-refractivity contribution in [2.75, 3.05) is 11.9 Å². The first-order valence-electron chi connectivity index (χ1n) is 8.01. The highest BCUT2D eigenvalue weighted by molar-refractivity contribution is 6.00. The Hall–Kier alpha value is -2.34. The van der Waals surface area contributed by atoms with Gasteiger partial charge in [0.15, 0.2) is 0 Å². The molecule has 0 unspecified atom stereocenters. The zero-order valence-electron chi connectivity index (χ0n) is 14.3. The lowest BCUT2D eigenvalue weighted by Crippen LogP contribution is -2.36. The number of hydrogen-bond donors (Lipinski definition) is 2. The van der Waals surface area contributed by atoms with E-state index in [0.29, 0.717) is 41.5 Å². The van der Waals surface area contributed by atoms with E-state index in [9.17, 15) is 9.90 Å². The lowest BCUT2D eigenvalue weighted by atomic mass is 9.82. The van der Waals surface area contributed by atoms with Crippen molar-refractivity contribution in [3.8, 4) is 5.75 Å². The van der Waals surface area contributed by atoms with Crippen LogP contribution < -0.4 is 10.1 Å². The Bertz CT molecular complexity index is 760. The van der Waals surface area contributed by atoms with Gasteiger partial charge in [-0.15, -0.1) is 0 Å². The van der Waals surface area contributed by atoms with Gasteiger partial charge in [-0.2, -0.15) is 0 Å². The molecule has 0 saturated heterocycles. The van der Waals surface area contributed by atoms with Crippen LogP contribution in [0.15, 0.2) is 22.7 Å². The molecular weight excluding hydrogens is 308 g/mol. The first kappa shape index (κ1) is 16.5. The van der Waals surface area contributed by atoms with Gasteiger partial charge in [0.2, 0.25) is 5.91 Å². The fourth-order valence-electron chi connectivity index (χ4n) is 3.27. The van der Waals surface area contributed by atoms with Gasteiger partial charge < -0.3 is 19.7 Å². The van der Waals surface area contributed by atoms with Gasteiger partial charge in [-0.3, -0.25) is 4.79 Å². The number of rotatable bonds is 3. The van der Waals surface area contributed by atoms with Crippen LogP contribution in [0.5, 0.6) is 5.75 Å². The lowest BCUT2D eigenvalue weighted by Gasteiger charge is -2.27. The molecule has 2 aromatic rings. The summed E-state index contributed by atoms with van der Waals surface area (Å²) in [4.78, 5) is 12.9. The predicted molar refractivity (Wildman–Crippen MR) is 89.1 cm³/mol. The summed E-state index contributed by atoms with van der Waals surface area (Å²) < 4.78 is 10.9. The van der Waals surface area contributed by atoms with E-state index >= 15 is 0 Å². The Morgan fingerprint density at radius 3 is 2.79 bits per heavy atom. The summed E-state index contributed by atoms with van der Waals surface area (Å²) in [7, 11) is 0. The molecule has 0 saturated carbocycles. The van der Waals surface area contributed by atoms with E-state index in [1.165, 1.54) is 0 Å². The number of carbonyl (C=O) groups excluding carboxylic acids is 1. The summed E-state index contributed by atoms with van der Waals surface area (Å²) in [5.74, 6) is 0.988. The van der Waals surface area contributed by atoms with E-state index in [1.54, 1.807) is 19.1 Å². The highest BCUT2D eigenvalue weighted by Gasteiger charge is 2.36. The number of aliphatic hydroxyl groups is 1. The number of anilines is 1. The fraction of sp³-hybridized carbons (Fsp3) is 0.444. The van der Waals surface area contributed by atoms with Gasteiger partial charge in [0.25, 0.3) is 0 Å². The zero-order valence-corrected chi connectivity index (χ0v) is 14.3. The average Bonchev–Trinajstić information content (AvgIpc) is 2.87. The Morgan fingerprint density at radius 1 is 1.38 bits per heavy atom. The largest absolute Gasteiger partial charge is 0.491 e. The van der Waals surface area contributed by atoms with Crippen molar-refractivity contribution in [2.45, 2.75) is 45.6 Å². The van der Waals surface area contributed by atoms with Crippen LogP contribution in [0.4, 0.5) is 5.69 Å². The number of hydrogen-bond acceptors (Lipinski definition) is 5. The molecule has 1 aliphatic rings. The minimum atomic E-state index is -0.815. The summed E-state index contributed by atoms with van der Waals surface area (Å²) in [6.07, 6.45) is -0.0178. The van der Waals surface area contributed by atoms with E-state index < -0.39 is 11.5 Å². The number of ether oxygens (including phenoxy) is 1. The minimum Gasteiger partial charge on any atom is -0.491 e. The van der Waals surface area contributed by atoms with Crippen molar-refractivity contribution in [3.05, 3.63) is 40.8 Å². The molecular formula is C18H22N2O4. The SMILES string of the molecule is Cc1noc(C)c1C(C)(C)C(=O)Nc1cccc2c1OCC[C@H]2O. The Kier molecular flexibility index (Phi) is 4.09. The lowest BCUT2D eigenvalue weighted by molar-refractivity contribution is -0.120. The molecule has 128 valence electrons. The third-order valence-corrected chi connectivity index (χ3v) is 4.52. The Morgan fingerprint density at radius 2 is 2.12 bits per heavy atom. The number of benzene rings is 1. The van der Waals surface area contributed by atoms with Crippen LogP contribution in [0.3, 0.4) is 0 Å². The van der Waals surface area contributed by atoms with Crippen LogP contribution in [0.1, 0.15) is 49.0 Å². The summed E-state index contributed by atoms with van der Waals surface area (Å²) >= 11 is 0. The predicted octanol–water partition coefficient (Wildman–Crippen LogP) is 3.02. The van der Waals surface area contributed by atoms with Crippen LogP contribution in [-0.4, -0.2) is 22.8 Å². The first-order valence-corrected chi connectivity index (χ1v) is 8.01. The highest BCUT2D eigenvalue weighted by Crippen LogP contribution is 2.39. The molecule has 0 fully saturated rings. The number of amides is 1. The number of aryl methyl sites for hydroxylation is 2. The number of nitrogens with one attached hydrogen (secondary N) is 1. The topological polar surface area (TPSA) is 84.6 Å². The first-order chi connectivity index (χ1) is 11.3. The molecule has 0 spiro atoms. The normalized spacial score (nSPS) is 17.1. The van der Waals surface area contributed by atoms with Crippen LogP contribution >= 0.6 is 0 Å². The van der Waals surface area contributed by atoms with Crippen molar-refractivity contribution in [3.63, 3.8) is 0 Å². The van der Waals surface area contributed by atoms with Crippen LogP contribution in [0.25, 0.3) is 0 Å². The van der Waals surface area contributed by atoms with Gasteiger partial charge in [-0.25, -0.2) is 0 Å². The van der Waals surface area contributed by atoms with Crippen molar-refractivity contribution >= 4 is 11.6 Å². The smallest absolute Gasteiger partial charge is 0.234 e.